The number of amides is 1. The van der Waals surface area contributed by atoms with Crippen LogP contribution in [0.5, 0.6) is 0 Å². The number of piperidine rings is 1. The topological polar surface area (TPSA) is 46.1 Å². The van der Waals surface area contributed by atoms with E-state index in [1.54, 1.807) is 5.51 Å². The molecule has 1 amide bonds. The number of benzene rings is 1. The Balaban J connectivity index is 1.54. The largest absolute Gasteiger partial charge is 0.337 e. The molecule has 0 saturated carbocycles. The summed E-state index contributed by atoms with van der Waals surface area (Å²) in [4.78, 5) is 24.7. The first kappa shape index (κ1) is 20.0. The van der Waals surface area contributed by atoms with Crippen molar-refractivity contribution in [1.82, 2.24) is 14.9 Å². The van der Waals surface area contributed by atoms with Crippen LogP contribution in [0, 0.1) is 13.8 Å². The number of halogens is 1. The van der Waals surface area contributed by atoms with Crippen LogP contribution in [0.25, 0.3) is 0 Å². The molecule has 1 atom stereocenters. The molecular weight excluding hydrogens is 402 g/mol. The average Bonchev–Trinajstić information content (AvgIpc) is 3.15. The number of hydrogen-bond acceptors (Lipinski definition) is 4. The van der Waals surface area contributed by atoms with Gasteiger partial charge in [-0.3, -0.25) is 9.78 Å². The van der Waals surface area contributed by atoms with E-state index in [0.717, 1.165) is 58.4 Å². The average molecular weight is 426 g/mol. The summed E-state index contributed by atoms with van der Waals surface area (Å²) in [6, 6.07) is 12.3. The first-order chi connectivity index (χ1) is 14.0. The van der Waals surface area contributed by atoms with Crippen LogP contribution >= 0.6 is 22.9 Å². The van der Waals surface area contributed by atoms with E-state index in [1.165, 1.54) is 16.9 Å². The van der Waals surface area contributed by atoms with Crippen molar-refractivity contribution in [3.05, 3.63) is 80.0 Å². The van der Waals surface area contributed by atoms with E-state index >= 15 is 0 Å². The third-order valence-electron chi connectivity index (χ3n) is 5.45. The Morgan fingerprint density at radius 3 is 2.86 bits per heavy atom. The lowest BCUT2D eigenvalue weighted by Crippen LogP contribution is -2.39. The van der Waals surface area contributed by atoms with Crippen LogP contribution in [0.3, 0.4) is 0 Å². The van der Waals surface area contributed by atoms with Crippen LogP contribution in [0.2, 0.25) is 5.02 Å². The van der Waals surface area contributed by atoms with Crippen molar-refractivity contribution in [3.8, 4) is 0 Å². The predicted molar refractivity (Wildman–Crippen MR) is 118 cm³/mol. The van der Waals surface area contributed by atoms with Gasteiger partial charge in [0.2, 0.25) is 0 Å². The molecule has 4 nitrogen and oxygen atoms in total. The molecule has 1 aliphatic heterocycles. The van der Waals surface area contributed by atoms with Gasteiger partial charge in [0.05, 0.1) is 11.2 Å². The fourth-order valence-corrected chi connectivity index (χ4v) is 4.97. The molecule has 1 saturated heterocycles. The molecule has 0 radical (unpaired) electrons. The summed E-state index contributed by atoms with van der Waals surface area (Å²) in [5.41, 5.74) is 6.97. The van der Waals surface area contributed by atoms with E-state index in [2.05, 4.69) is 23.2 Å². The number of rotatable bonds is 4. The minimum Gasteiger partial charge on any atom is -0.337 e. The molecule has 3 aromatic rings. The van der Waals surface area contributed by atoms with Crippen LogP contribution in [-0.4, -0.2) is 33.9 Å². The van der Waals surface area contributed by atoms with Crippen molar-refractivity contribution < 1.29 is 4.79 Å². The molecule has 150 valence electrons. The lowest BCUT2D eigenvalue weighted by atomic mass is 9.92. The van der Waals surface area contributed by atoms with Gasteiger partial charge in [-0.05, 0) is 62.4 Å². The molecule has 0 spiro atoms. The fourth-order valence-electron chi connectivity index (χ4n) is 3.99. The summed E-state index contributed by atoms with van der Waals surface area (Å²) in [7, 11) is 0. The van der Waals surface area contributed by atoms with E-state index in [9.17, 15) is 4.79 Å². The molecular formula is C23H24ClN3OS. The van der Waals surface area contributed by atoms with Crippen molar-refractivity contribution in [3.63, 3.8) is 0 Å². The third kappa shape index (κ3) is 4.51. The van der Waals surface area contributed by atoms with Crippen LogP contribution in [-0.2, 0) is 6.42 Å². The molecule has 29 heavy (non-hydrogen) atoms. The maximum atomic E-state index is 12.9. The Kier molecular flexibility index (Phi) is 5.97. The molecule has 1 aromatic carbocycles. The van der Waals surface area contributed by atoms with Crippen molar-refractivity contribution in [2.24, 2.45) is 0 Å². The number of aryl methyl sites for hydroxylation is 2. The third-order valence-corrected chi connectivity index (χ3v) is 6.74. The maximum Gasteiger partial charge on any atom is 0.265 e. The minimum atomic E-state index is 0.0960. The monoisotopic (exact) mass is 425 g/mol. The highest BCUT2D eigenvalue weighted by atomic mass is 35.5. The first-order valence-corrected chi connectivity index (χ1v) is 11.2. The minimum absolute atomic E-state index is 0.0960. The molecule has 2 aromatic heterocycles. The Hall–Kier alpha value is -2.24. The summed E-state index contributed by atoms with van der Waals surface area (Å²) in [6.45, 7) is 5.43. The van der Waals surface area contributed by atoms with Gasteiger partial charge in [-0.2, -0.15) is 0 Å². The number of nitrogens with zero attached hydrogens (tertiary/aromatic N) is 3. The Morgan fingerprint density at radius 2 is 2.10 bits per heavy atom. The molecule has 0 aliphatic carbocycles. The first-order valence-electron chi connectivity index (χ1n) is 9.91. The van der Waals surface area contributed by atoms with E-state index in [0.29, 0.717) is 6.54 Å². The lowest BCUT2D eigenvalue weighted by molar-refractivity contribution is 0.0710. The van der Waals surface area contributed by atoms with Gasteiger partial charge in [0.25, 0.3) is 5.91 Å². The summed E-state index contributed by atoms with van der Waals surface area (Å²) in [5.74, 6) is 0.351. The van der Waals surface area contributed by atoms with Crippen LogP contribution < -0.4 is 0 Å². The second kappa shape index (κ2) is 8.64. The zero-order chi connectivity index (χ0) is 20.4. The number of hydrogen-bond donors (Lipinski definition) is 0. The summed E-state index contributed by atoms with van der Waals surface area (Å²) >= 11 is 7.78. The van der Waals surface area contributed by atoms with Crippen LogP contribution in [0.4, 0.5) is 0 Å². The van der Waals surface area contributed by atoms with Gasteiger partial charge < -0.3 is 4.90 Å². The molecule has 0 N–H and O–H groups in total. The molecule has 3 heterocycles. The number of aromatic nitrogens is 2. The van der Waals surface area contributed by atoms with Gasteiger partial charge >= 0.3 is 0 Å². The van der Waals surface area contributed by atoms with Crippen LogP contribution in [0.1, 0.15) is 56.6 Å². The van der Waals surface area contributed by atoms with Gasteiger partial charge in [-0.1, -0.05) is 29.8 Å². The lowest BCUT2D eigenvalue weighted by Gasteiger charge is -2.32. The highest BCUT2D eigenvalue weighted by Crippen LogP contribution is 2.29. The Labute approximate surface area is 180 Å². The number of carbonyl (C=O) groups is 1. The van der Waals surface area contributed by atoms with Gasteiger partial charge in [-0.15, -0.1) is 11.3 Å². The summed E-state index contributed by atoms with van der Waals surface area (Å²) < 4.78 is 0. The number of carbonyl (C=O) groups excluding carboxylic acids is 1. The van der Waals surface area contributed by atoms with Crippen molar-refractivity contribution in [1.29, 1.82) is 0 Å². The number of likely N-dealkylation sites (tertiary alicyclic amines) is 1. The standard InChI is InChI=1S/C23H24ClN3OS/c1-15-10-17(11-18-6-3-4-8-20(18)24)12-21(26-15)19-7-5-9-27(13-19)23(28)22-16(2)25-14-29-22/h3-4,6,8,10,12,14,19H,5,7,9,11,13H2,1-2H3/t19-/m0/s1. The van der Waals surface area contributed by atoms with Gasteiger partial charge in [0, 0.05) is 35.4 Å². The molecule has 0 unspecified atom stereocenters. The Bertz CT molecular complexity index is 1030. The zero-order valence-corrected chi connectivity index (χ0v) is 18.3. The van der Waals surface area contributed by atoms with E-state index in [1.807, 2.05) is 36.9 Å². The SMILES string of the molecule is Cc1cc(Cc2ccccc2Cl)cc([C@H]2CCCN(C(=O)c3scnc3C)C2)n1. The van der Waals surface area contributed by atoms with E-state index in [4.69, 9.17) is 16.6 Å². The maximum absolute atomic E-state index is 12.9. The summed E-state index contributed by atoms with van der Waals surface area (Å²) in [5, 5.41) is 0.790. The number of thiazole rings is 1. The van der Waals surface area contributed by atoms with Gasteiger partial charge in [-0.25, -0.2) is 4.98 Å². The Morgan fingerprint density at radius 1 is 1.28 bits per heavy atom. The second-order valence-electron chi connectivity index (χ2n) is 7.67. The zero-order valence-electron chi connectivity index (χ0n) is 16.7. The highest BCUT2D eigenvalue weighted by molar-refractivity contribution is 7.11. The number of pyridine rings is 1. The smallest absolute Gasteiger partial charge is 0.265 e. The fraction of sp³-hybridized carbons (Fsp3) is 0.348. The second-order valence-corrected chi connectivity index (χ2v) is 8.93. The van der Waals surface area contributed by atoms with Crippen LogP contribution in [0.15, 0.2) is 41.9 Å². The normalized spacial score (nSPS) is 16.8. The van der Waals surface area contributed by atoms with Gasteiger partial charge in [0.1, 0.15) is 4.88 Å². The molecule has 1 aliphatic rings. The molecule has 4 rings (SSSR count). The molecule has 1 fully saturated rings. The van der Waals surface area contributed by atoms with Crippen molar-refractivity contribution in [2.45, 2.75) is 39.0 Å². The summed E-state index contributed by atoms with van der Waals surface area (Å²) in [6.07, 6.45) is 2.82. The molecule has 0 bridgehead atoms. The van der Waals surface area contributed by atoms with Crippen molar-refractivity contribution in [2.75, 3.05) is 13.1 Å². The van der Waals surface area contributed by atoms with Crippen molar-refractivity contribution >= 4 is 28.8 Å². The quantitative estimate of drug-likeness (QED) is 0.560. The highest BCUT2D eigenvalue weighted by Gasteiger charge is 2.28. The molecule has 6 heteroatoms. The van der Waals surface area contributed by atoms with E-state index < -0.39 is 0 Å². The predicted octanol–water partition coefficient (Wildman–Crippen LogP) is 5.42. The van der Waals surface area contributed by atoms with E-state index in [-0.39, 0.29) is 11.8 Å². The van der Waals surface area contributed by atoms with Gasteiger partial charge in [0.15, 0.2) is 0 Å².